The Labute approximate surface area is 322 Å². The normalized spacial score (nSPS) is 14.1. The van der Waals surface area contributed by atoms with Gasteiger partial charge < -0.3 is 13.9 Å². The third-order valence-electron chi connectivity index (χ3n) is 11.2. The smallest absolute Gasteiger partial charge is 0.179 e. The molecule has 1 aliphatic heterocycles. The Morgan fingerprint density at radius 3 is 1.57 bits per heavy atom. The van der Waals surface area contributed by atoms with Gasteiger partial charge >= 0.3 is 0 Å². The second-order valence-corrected chi connectivity index (χ2v) is 14.3. The van der Waals surface area contributed by atoms with Crippen LogP contribution in [-0.4, -0.2) is 15.0 Å². The van der Waals surface area contributed by atoms with Gasteiger partial charge in [-0.2, -0.15) is 0 Å². The fourth-order valence-corrected chi connectivity index (χ4v) is 8.78. The van der Waals surface area contributed by atoms with Gasteiger partial charge in [-0.05, 0) is 57.6 Å². The van der Waals surface area contributed by atoms with Gasteiger partial charge in [-0.3, -0.25) is 0 Å². The summed E-state index contributed by atoms with van der Waals surface area (Å²) < 4.78 is 20.9. The summed E-state index contributed by atoms with van der Waals surface area (Å²) in [5, 5.41) is 0.937. The Morgan fingerprint density at radius 2 is 0.929 bits per heavy atom. The summed E-state index contributed by atoms with van der Waals surface area (Å²) in [5.41, 5.74) is 10.1. The van der Waals surface area contributed by atoms with Crippen molar-refractivity contribution < 1.29 is 13.9 Å². The van der Waals surface area contributed by atoms with E-state index >= 15 is 0 Å². The minimum Gasteiger partial charge on any atom is -0.458 e. The van der Waals surface area contributed by atoms with E-state index in [1.165, 1.54) is 0 Å². The van der Waals surface area contributed by atoms with Gasteiger partial charge in [-0.25, -0.2) is 15.0 Å². The van der Waals surface area contributed by atoms with Gasteiger partial charge in [-0.1, -0.05) is 152 Å². The summed E-state index contributed by atoms with van der Waals surface area (Å²) in [7, 11) is 0. The lowest BCUT2D eigenvalue weighted by atomic mass is 9.76. The lowest BCUT2D eigenvalue weighted by molar-refractivity contribution is 0.306. The molecule has 9 aromatic rings. The minimum absolute atomic E-state index is 0.592. The number of rotatable bonds is 4. The van der Waals surface area contributed by atoms with Gasteiger partial charge in [0, 0.05) is 22.1 Å². The van der Waals surface area contributed by atoms with Crippen molar-refractivity contribution in [1.29, 1.82) is 0 Å². The van der Waals surface area contributed by atoms with Crippen LogP contribution in [0.15, 0.2) is 186 Å². The molecule has 0 saturated carbocycles. The zero-order chi connectivity index (χ0) is 36.8. The lowest BCUT2D eigenvalue weighted by Gasteiger charge is -2.31. The number of allylic oxidation sites excluding steroid dienone is 1. The Kier molecular flexibility index (Phi) is 6.45. The summed E-state index contributed by atoms with van der Waals surface area (Å²) in [6.07, 6.45) is 0. The first-order valence-electron chi connectivity index (χ1n) is 18.7. The molecule has 0 radical (unpaired) electrons. The maximum absolute atomic E-state index is 7.05. The average Bonchev–Trinajstić information content (AvgIpc) is 3.89. The summed E-state index contributed by atoms with van der Waals surface area (Å²) in [6.45, 7) is 0. The maximum Gasteiger partial charge on any atom is 0.179 e. The monoisotopic (exact) mass is 719 g/mol. The highest BCUT2D eigenvalue weighted by Crippen LogP contribution is 2.65. The molecule has 7 aromatic carbocycles. The highest BCUT2D eigenvalue weighted by molar-refractivity contribution is 6.02. The molecular weight excluding hydrogens is 691 g/mol. The number of fused-ring (bicyclic) bond motifs is 12. The van der Waals surface area contributed by atoms with Crippen LogP contribution >= 0.6 is 0 Å². The molecule has 0 amide bonds. The van der Waals surface area contributed by atoms with Crippen molar-refractivity contribution in [3.63, 3.8) is 0 Å². The number of aromatic nitrogens is 3. The van der Waals surface area contributed by atoms with Crippen molar-refractivity contribution in [3.8, 4) is 67.9 Å². The number of hydrogen-bond acceptors (Lipinski definition) is 6. The number of para-hydroxylation sites is 2. The molecular formula is C50H29N3O3. The number of ether oxygens (including phenoxy) is 2. The first kappa shape index (κ1) is 30.8. The third kappa shape index (κ3) is 4.29. The quantitative estimate of drug-likeness (QED) is 0.180. The van der Waals surface area contributed by atoms with E-state index in [1.54, 1.807) is 0 Å². The van der Waals surface area contributed by atoms with Gasteiger partial charge in [0.15, 0.2) is 40.5 Å². The first-order chi connectivity index (χ1) is 27.8. The molecule has 1 spiro atoms. The highest BCUT2D eigenvalue weighted by Gasteiger charge is 2.60. The molecule has 0 N–H and O–H groups in total. The molecule has 262 valence electrons. The van der Waals surface area contributed by atoms with E-state index in [9.17, 15) is 0 Å². The fourth-order valence-electron chi connectivity index (χ4n) is 8.78. The molecule has 0 fully saturated rings. The molecule has 6 nitrogen and oxygen atoms in total. The summed E-state index contributed by atoms with van der Waals surface area (Å²) in [4.78, 5) is 15.1. The van der Waals surface area contributed by atoms with E-state index in [4.69, 9.17) is 28.8 Å². The molecule has 2 aliphatic carbocycles. The summed E-state index contributed by atoms with van der Waals surface area (Å²) in [5.74, 6) is 5.36. The van der Waals surface area contributed by atoms with Crippen molar-refractivity contribution in [2.75, 3.05) is 0 Å². The Morgan fingerprint density at radius 1 is 0.411 bits per heavy atom. The Balaban J connectivity index is 1.08. The molecule has 0 atom stereocenters. The maximum atomic E-state index is 7.05. The van der Waals surface area contributed by atoms with E-state index in [-0.39, 0.29) is 0 Å². The van der Waals surface area contributed by atoms with E-state index < -0.39 is 5.41 Å². The standard InChI is InChI=1S/C50H29N3O3/c1-3-15-30(16-4-1)47-51-48(31-17-5-2-6-18-31)53-49(52-47)36-22-8-7-19-33(36)32-27-28-40-37(29-32)43-44-46(56-42-26-14-13-25-41(42)54-44)50(45(43)55-40)38-23-11-9-20-34(38)35-21-10-12-24-39(35)50/h1-29H. The van der Waals surface area contributed by atoms with Crippen molar-refractivity contribution >= 4 is 16.7 Å². The van der Waals surface area contributed by atoms with Crippen LogP contribution in [0.5, 0.6) is 11.5 Å². The predicted molar refractivity (Wildman–Crippen MR) is 218 cm³/mol. The van der Waals surface area contributed by atoms with Crippen LogP contribution in [0.2, 0.25) is 0 Å². The van der Waals surface area contributed by atoms with Crippen molar-refractivity contribution in [2.24, 2.45) is 0 Å². The Bertz CT molecular complexity index is 2990. The Hall–Kier alpha value is -7.57. The molecule has 3 heterocycles. The van der Waals surface area contributed by atoms with Crippen LogP contribution in [0, 0.1) is 0 Å². The van der Waals surface area contributed by atoms with Gasteiger partial charge in [-0.15, -0.1) is 0 Å². The van der Waals surface area contributed by atoms with Crippen molar-refractivity contribution in [1.82, 2.24) is 15.0 Å². The van der Waals surface area contributed by atoms with Crippen molar-refractivity contribution in [3.05, 3.63) is 204 Å². The second-order valence-electron chi connectivity index (χ2n) is 14.3. The number of hydrogen-bond donors (Lipinski definition) is 0. The molecule has 3 aliphatic rings. The zero-order valence-corrected chi connectivity index (χ0v) is 29.8. The predicted octanol–water partition coefficient (Wildman–Crippen LogP) is 11.8. The highest BCUT2D eigenvalue weighted by atomic mass is 16.6. The second kappa shape index (κ2) is 11.7. The van der Waals surface area contributed by atoms with Crippen LogP contribution in [0.25, 0.3) is 73.1 Å². The topological polar surface area (TPSA) is 70.3 Å². The van der Waals surface area contributed by atoms with E-state index in [1.807, 2.05) is 91.0 Å². The molecule has 0 bridgehead atoms. The molecule has 0 unspecified atom stereocenters. The van der Waals surface area contributed by atoms with E-state index in [2.05, 4.69) is 84.9 Å². The van der Waals surface area contributed by atoms with Crippen LogP contribution in [-0.2, 0) is 5.41 Å². The number of benzene rings is 7. The van der Waals surface area contributed by atoms with Gasteiger partial charge in [0.2, 0.25) is 0 Å². The van der Waals surface area contributed by atoms with E-state index in [0.717, 1.165) is 78.1 Å². The van der Waals surface area contributed by atoms with E-state index in [0.29, 0.717) is 34.7 Å². The SMILES string of the molecule is c1ccc(-c2nc(-c3ccccc3)nc(-c3ccccc3-c3ccc4oc5c(c4c3)C3=C(Oc4ccccc4O3)C53c4ccccc4-c4ccccc43)n2)cc1. The minimum atomic E-state index is -0.838. The largest absolute Gasteiger partial charge is 0.458 e. The summed E-state index contributed by atoms with van der Waals surface area (Å²) in [6, 6.07) is 59.7. The van der Waals surface area contributed by atoms with Crippen LogP contribution in [0.3, 0.4) is 0 Å². The first-order valence-corrected chi connectivity index (χ1v) is 18.7. The fraction of sp³-hybridized carbons (Fsp3) is 0.0200. The van der Waals surface area contributed by atoms with Crippen LogP contribution < -0.4 is 9.47 Å². The molecule has 0 saturated heterocycles. The number of furan rings is 1. The summed E-state index contributed by atoms with van der Waals surface area (Å²) >= 11 is 0. The van der Waals surface area contributed by atoms with Crippen LogP contribution in [0.1, 0.15) is 22.5 Å². The molecule has 2 aromatic heterocycles. The van der Waals surface area contributed by atoms with Crippen LogP contribution in [0.4, 0.5) is 0 Å². The van der Waals surface area contributed by atoms with Gasteiger partial charge in [0.05, 0.1) is 5.56 Å². The number of nitrogens with zero attached hydrogens (tertiary/aromatic N) is 3. The zero-order valence-electron chi connectivity index (χ0n) is 29.8. The molecule has 56 heavy (non-hydrogen) atoms. The van der Waals surface area contributed by atoms with Crippen molar-refractivity contribution in [2.45, 2.75) is 5.41 Å². The average molecular weight is 720 g/mol. The molecule has 6 heteroatoms. The van der Waals surface area contributed by atoms with Gasteiger partial charge in [0.1, 0.15) is 16.8 Å². The molecule has 12 rings (SSSR count). The third-order valence-corrected chi connectivity index (χ3v) is 11.2. The lowest BCUT2D eigenvalue weighted by Crippen LogP contribution is -2.30. The van der Waals surface area contributed by atoms with Gasteiger partial charge in [0.25, 0.3) is 0 Å².